The van der Waals surface area contributed by atoms with Gasteiger partial charge in [-0.2, -0.15) is 0 Å². The molecule has 3 heterocycles. The second kappa shape index (κ2) is 5.83. The SMILES string of the molecule is CSc1nc2sc3c(NCc4ccccc4)ncnc3c2s1. The molecule has 1 aromatic carbocycles. The van der Waals surface area contributed by atoms with Gasteiger partial charge >= 0.3 is 0 Å². The third-order valence-corrected chi connectivity index (χ3v) is 6.53. The van der Waals surface area contributed by atoms with Crippen LogP contribution in [0.5, 0.6) is 0 Å². The van der Waals surface area contributed by atoms with Crippen molar-refractivity contribution in [3.8, 4) is 0 Å². The molecule has 0 spiro atoms. The molecule has 0 atom stereocenters. The minimum absolute atomic E-state index is 0.752. The molecular formula is C15H12N4S3. The number of nitrogens with one attached hydrogen (secondary N) is 1. The standard InChI is InChI=1S/C15H12N4S3/c1-20-15-19-14-12(22-15)10-11(21-14)13(18-8-17-10)16-7-9-5-3-2-4-6-9/h2-6,8H,7H2,1H3,(H,16,17,18). The van der Waals surface area contributed by atoms with E-state index in [0.29, 0.717) is 0 Å². The Morgan fingerprint density at radius 1 is 1.09 bits per heavy atom. The Morgan fingerprint density at radius 2 is 1.95 bits per heavy atom. The van der Waals surface area contributed by atoms with Crippen molar-refractivity contribution >= 4 is 60.0 Å². The number of hydrogen-bond donors (Lipinski definition) is 1. The second-order valence-corrected chi connectivity index (χ2v) is 7.71. The van der Waals surface area contributed by atoms with Crippen molar-refractivity contribution in [1.29, 1.82) is 0 Å². The molecule has 7 heteroatoms. The van der Waals surface area contributed by atoms with Gasteiger partial charge in [0.1, 0.15) is 22.5 Å². The molecule has 0 unspecified atom stereocenters. The number of thiazole rings is 1. The molecule has 0 saturated carbocycles. The summed E-state index contributed by atoms with van der Waals surface area (Å²) in [5.41, 5.74) is 2.23. The maximum absolute atomic E-state index is 4.63. The number of hydrogen-bond acceptors (Lipinski definition) is 7. The van der Waals surface area contributed by atoms with Crippen LogP contribution in [0.2, 0.25) is 0 Å². The summed E-state index contributed by atoms with van der Waals surface area (Å²) in [7, 11) is 0. The van der Waals surface area contributed by atoms with Crippen LogP contribution in [0.4, 0.5) is 5.82 Å². The first kappa shape index (κ1) is 13.9. The minimum atomic E-state index is 0.752. The summed E-state index contributed by atoms with van der Waals surface area (Å²) in [5, 5.41) is 3.41. The van der Waals surface area contributed by atoms with Gasteiger partial charge in [-0.15, -0.1) is 22.7 Å². The van der Waals surface area contributed by atoms with Crippen LogP contribution < -0.4 is 5.32 Å². The zero-order valence-corrected chi connectivity index (χ0v) is 14.2. The quantitative estimate of drug-likeness (QED) is 0.547. The topological polar surface area (TPSA) is 50.7 Å². The van der Waals surface area contributed by atoms with Crippen molar-refractivity contribution < 1.29 is 0 Å². The van der Waals surface area contributed by atoms with Gasteiger partial charge in [-0.25, -0.2) is 15.0 Å². The maximum Gasteiger partial charge on any atom is 0.151 e. The van der Waals surface area contributed by atoms with Gasteiger partial charge in [0.2, 0.25) is 0 Å². The molecule has 0 aliphatic carbocycles. The fourth-order valence-corrected chi connectivity index (χ4v) is 5.11. The van der Waals surface area contributed by atoms with Crippen molar-refractivity contribution in [3.05, 3.63) is 42.2 Å². The highest BCUT2D eigenvalue weighted by atomic mass is 32.2. The van der Waals surface area contributed by atoms with Crippen molar-refractivity contribution in [2.24, 2.45) is 0 Å². The molecule has 3 aromatic heterocycles. The van der Waals surface area contributed by atoms with Crippen LogP contribution in [0.1, 0.15) is 5.56 Å². The van der Waals surface area contributed by atoms with Crippen LogP contribution in [0.3, 0.4) is 0 Å². The lowest BCUT2D eigenvalue weighted by Gasteiger charge is -2.05. The summed E-state index contributed by atoms with van der Waals surface area (Å²) in [6.45, 7) is 0.752. The largest absolute Gasteiger partial charge is 0.365 e. The van der Waals surface area contributed by atoms with Gasteiger partial charge in [-0.1, -0.05) is 42.1 Å². The molecule has 0 amide bonds. The third-order valence-electron chi connectivity index (χ3n) is 3.27. The fourth-order valence-electron chi connectivity index (χ4n) is 2.23. The minimum Gasteiger partial charge on any atom is -0.365 e. The molecule has 0 saturated heterocycles. The molecule has 4 aromatic rings. The van der Waals surface area contributed by atoms with Crippen molar-refractivity contribution in [2.75, 3.05) is 11.6 Å². The Balaban J connectivity index is 1.71. The summed E-state index contributed by atoms with van der Waals surface area (Å²) < 4.78 is 3.33. The summed E-state index contributed by atoms with van der Waals surface area (Å²) >= 11 is 5.03. The van der Waals surface area contributed by atoms with E-state index in [2.05, 4.69) is 32.4 Å². The smallest absolute Gasteiger partial charge is 0.151 e. The van der Waals surface area contributed by atoms with Crippen LogP contribution in [0, 0.1) is 0 Å². The van der Waals surface area contributed by atoms with Crippen LogP contribution in [0.25, 0.3) is 19.7 Å². The molecule has 110 valence electrons. The van der Waals surface area contributed by atoms with E-state index in [9.17, 15) is 0 Å². The first-order chi connectivity index (χ1) is 10.8. The summed E-state index contributed by atoms with van der Waals surface area (Å²) in [4.78, 5) is 14.5. The van der Waals surface area contributed by atoms with E-state index < -0.39 is 0 Å². The summed E-state index contributed by atoms with van der Waals surface area (Å²) in [5.74, 6) is 0.884. The number of rotatable bonds is 4. The lowest BCUT2D eigenvalue weighted by atomic mass is 10.2. The van der Waals surface area contributed by atoms with Gasteiger partial charge in [-0.05, 0) is 11.8 Å². The molecule has 0 bridgehead atoms. The number of fused-ring (bicyclic) bond motifs is 3. The Kier molecular flexibility index (Phi) is 3.69. The second-order valence-electron chi connectivity index (χ2n) is 4.66. The van der Waals surface area contributed by atoms with Crippen molar-refractivity contribution in [3.63, 3.8) is 0 Å². The molecular weight excluding hydrogens is 332 g/mol. The lowest BCUT2D eigenvalue weighted by molar-refractivity contribution is 1.11. The fraction of sp³-hybridized carbons (Fsp3) is 0.133. The highest BCUT2D eigenvalue weighted by Crippen LogP contribution is 2.40. The molecule has 0 fully saturated rings. The maximum atomic E-state index is 4.63. The molecule has 22 heavy (non-hydrogen) atoms. The zero-order chi connectivity index (χ0) is 14.9. The Morgan fingerprint density at radius 3 is 2.77 bits per heavy atom. The Bertz CT molecular complexity index is 930. The van der Waals surface area contributed by atoms with E-state index in [1.54, 1.807) is 40.8 Å². The van der Waals surface area contributed by atoms with E-state index in [0.717, 1.165) is 36.4 Å². The molecule has 0 aliphatic heterocycles. The van der Waals surface area contributed by atoms with E-state index in [4.69, 9.17) is 0 Å². The number of thioether (sulfide) groups is 1. The lowest BCUT2D eigenvalue weighted by Crippen LogP contribution is -2.01. The van der Waals surface area contributed by atoms with Gasteiger partial charge in [0, 0.05) is 6.54 Å². The van der Waals surface area contributed by atoms with Gasteiger partial charge in [-0.3, -0.25) is 0 Å². The van der Waals surface area contributed by atoms with Crippen LogP contribution in [-0.4, -0.2) is 21.2 Å². The normalized spacial score (nSPS) is 11.3. The summed E-state index contributed by atoms with van der Waals surface area (Å²) in [6, 6.07) is 10.3. The number of benzene rings is 1. The highest BCUT2D eigenvalue weighted by molar-refractivity contribution is 8.00. The predicted octanol–water partition coefficient (Wildman–Crippen LogP) is 4.64. The van der Waals surface area contributed by atoms with Crippen LogP contribution in [-0.2, 0) is 6.54 Å². The number of anilines is 1. The van der Waals surface area contributed by atoms with E-state index in [1.165, 1.54) is 5.56 Å². The number of aromatic nitrogens is 3. The van der Waals surface area contributed by atoms with Crippen molar-refractivity contribution in [1.82, 2.24) is 15.0 Å². The molecule has 1 N–H and O–H groups in total. The molecule has 0 aliphatic rings. The van der Waals surface area contributed by atoms with Crippen LogP contribution >= 0.6 is 34.4 Å². The van der Waals surface area contributed by atoms with Gasteiger partial charge < -0.3 is 5.32 Å². The third kappa shape index (κ3) is 2.45. The van der Waals surface area contributed by atoms with E-state index in [1.807, 2.05) is 24.5 Å². The van der Waals surface area contributed by atoms with E-state index >= 15 is 0 Å². The van der Waals surface area contributed by atoms with Crippen molar-refractivity contribution in [2.45, 2.75) is 10.9 Å². The summed E-state index contributed by atoms with van der Waals surface area (Å²) in [6.07, 6.45) is 3.67. The van der Waals surface area contributed by atoms with Gasteiger partial charge in [0.15, 0.2) is 4.34 Å². The average Bonchev–Trinajstić information content (AvgIpc) is 3.11. The first-order valence-electron chi connectivity index (χ1n) is 6.71. The zero-order valence-electron chi connectivity index (χ0n) is 11.7. The molecule has 0 radical (unpaired) electrons. The van der Waals surface area contributed by atoms with E-state index in [-0.39, 0.29) is 0 Å². The number of thiophene rings is 1. The predicted molar refractivity (Wildman–Crippen MR) is 96.1 cm³/mol. The first-order valence-corrected chi connectivity index (χ1v) is 9.57. The van der Waals surface area contributed by atoms with Gasteiger partial charge in [0.25, 0.3) is 0 Å². The number of nitrogens with zero attached hydrogens (tertiary/aromatic N) is 3. The van der Waals surface area contributed by atoms with Gasteiger partial charge in [0.05, 0.1) is 9.40 Å². The highest BCUT2D eigenvalue weighted by Gasteiger charge is 2.15. The molecule has 4 rings (SSSR count). The Hall–Kier alpha value is -1.70. The van der Waals surface area contributed by atoms with Crippen LogP contribution in [0.15, 0.2) is 41.0 Å². The average molecular weight is 344 g/mol. The Labute approximate surface area is 139 Å². The molecule has 4 nitrogen and oxygen atoms in total. The monoisotopic (exact) mass is 344 g/mol.